The predicted molar refractivity (Wildman–Crippen MR) is 83.0 cm³/mol. The van der Waals surface area contributed by atoms with Crippen molar-refractivity contribution < 1.29 is 9.90 Å². The Morgan fingerprint density at radius 3 is 2.45 bits per heavy atom. The standard InChI is InChI=1S/C16H32N2O2/c1-5-11-17-16(4,15(19)20)10-7-12-18-13(2)8-6-9-14(18)3/h13-14,17H,5-12H2,1-4H3,(H,19,20). The zero-order valence-electron chi connectivity index (χ0n) is 13.6. The van der Waals surface area contributed by atoms with Crippen molar-refractivity contribution in [2.24, 2.45) is 0 Å². The van der Waals surface area contributed by atoms with Gasteiger partial charge in [0.05, 0.1) is 0 Å². The number of likely N-dealkylation sites (tertiary alicyclic amines) is 1. The van der Waals surface area contributed by atoms with Crippen molar-refractivity contribution in [3.63, 3.8) is 0 Å². The Kier molecular flexibility index (Phi) is 6.96. The molecule has 0 radical (unpaired) electrons. The minimum absolute atomic E-state index is 0.637. The summed E-state index contributed by atoms with van der Waals surface area (Å²) in [5.41, 5.74) is -0.779. The number of carboxylic acids is 1. The average molecular weight is 284 g/mol. The lowest BCUT2D eigenvalue weighted by molar-refractivity contribution is -0.144. The highest BCUT2D eigenvalue weighted by Gasteiger charge is 2.32. The fraction of sp³-hybridized carbons (Fsp3) is 0.938. The summed E-state index contributed by atoms with van der Waals surface area (Å²) < 4.78 is 0. The van der Waals surface area contributed by atoms with Gasteiger partial charge in [0.15, 0.2) is 0 Å². The molecule has 4 heteroatoms. The third-order valence-electron chi connectivity index (χ3n) is 4.71. The summed E-state index contributed by atoms with van der Waals surface area (Å²) in [6.45, 7) is 10.2. The summed E-state index contributed by atoms with van der Waals surface area (Å²) in [5.74, 6) is -0.731. The Morgan fingerprint density at radius 1 is 1.35 bits per heavy atom. The van der Waals surface area contributed by atoms with Gasteiger partial charge in [0.2, 0.25) is 0 Å². The van der Waals surface area contributed by atoms with E-state index in [-0.39, 0.29) is 0 Å². The van der Waals surface area contributed by atoms with Gasteiger partial charge in [-0.2, -0.15) is 0 Å². The third-order valence-corrected chi connectivity index (χ3v) is 4.71. The van der Waals surface area contributed by atoms with Crippen molar-refractivity contribution in [2.45, 2.75) is 83.8 Å². The van der Waals surface area contributed by atoms with Crippen molar-refractivity contribution >= 4 is 5.97 Å². The first-order valence-electron chi connectivity index (χ1n) is 8.15. The predicted octanol–water partition coefficient (Wildman–Crippen LogP) is 2.87. The Bertz CT molecular complexity index is 299. The molecule has 3 unspecified atom stereocenters. The second kappa shape index (κ2) is 7.99. The van der Waals surface area contributed by atoms with Gasteiger partial charge in [-0.15, -0.1) is 0 Å². The number of piperidine rings is 1. The van der Waals surface area contributed by atoms with Crippen molar-refractivity contribution in [1.29, 1.82) is 0 Å². The van der Waals surface area contributed by atoms with Gasteiger partial charge in [0, 0.05) is 12.1 Å². The summed E-state index contributed by atoms with van der Waals surface area (Å²) >= 11 is 0. The van der Waals surface area contributed by atoms with Gasteiger partial charge in [-0.05, 0) is 66.0 Å². The average Bonchev–Trinajstić information content (AvgIpc) is 2.39. The van der Waals surface area contributed by atoms with Crippen molar-refractivity contribution in [3.8, 4) is 0 Å². The van der Waals surface area contributed by atoms with Gasteiger partial charge in [-0.3, -0.25) is 9.69 Å². The van der Waals surface area contributed by atoms with Crippen molar-refractivity contribution in [3.05, 3.63) is 0 Å². The highest BCUT2D eigenvalue weighted by molar-refractivity contribution is 5.78. The summed E-state index contributed by atoms with van der Waals surface area (Å²) in [5, 5.41) is 12.6. The maximum atomic E-state index is 11.5. The monoisotopic (exact) mass is 284 g/mol. The van der Waals surface area contributed by atoms with E-state index < -0.39 is 11.5 Å². The smallest absolute Gasteiger partial charge is 0.323 e. The molecule has 0 saturated carbocycles. The van der Waals surface area contributed by atoms with Gasteiger partial charge in [0.1, 0.15) is 5.54 Å². The molecule has 118 valence electrons. The Morgan fingerprint density at radius 2 is 1.95 bits per heavy atom. The molecule has 0 aromatic heterocycles. The molecule has 0 aromatic rings. The fourth-order valence-corrected chi connectivity index (χ4v) is 3.20. The number of hydrogen-bond donors (Lipinski definition) is 2. The summed E-state index contributed by atoms with van der Waals surface area (Å²) in [6.07, 6.45) is 6.46. The van der Waals surface area contributed by atoms with Gasteiger partial charge >= 0.3 is 5.97 Å². The van der Waals surface area contributed by atoms with Crippen LogP contribution in [0.25, 0.3) is 0 Å². The zero-order chi connectivity index (χ0) is 15.2. The maximum Gasteiger partial charge on any atom is 0.323 e. The van der Waals surface area contributed by atoms with E-state index >= 15 is 0 Å². The fourth-order valence-electron chi connectivity index (χ4n) is 3.20. The second-order valence-corrected chi connectivity index (χ2v) is 6.53. The van der Waals surface area contributed by atoms with E-state index in [1.54, 1.807) is 0 Å². The normalized spacial score (nSPS) is 27.2. The van der Waals surface area contributed by atoms with Crippen LogP contribution in [0.2, 0.25) is 0 Å². The minimum Gasteiger partial charge on any atom is -0.480 e. The van der Waals surface area contributed by atoms with Crippen LogP contribution >= 0.6 is 0 Å². The van der Waals surface area contributed by atoms with E-state index in [9.17, 15) is 9.90 Å². The number of rotatable bonds is 8. The molecular weight excluding hydrogens is 252 g/mol. The minimum atomic E-state index is -0.779. The molecule has 1 saturated heterocycles. The first-order chi connectivity index (χ1) is 9.40. The second-order valence-electron chi connectivity index (χ2n) is 6.53. The topological polar surface area (TPSA) is 52.6 Å². The lowest BCUT2D eigenvalue weighted by atomic mass is 9.93. The molecule has 3 atom stereocenters. The molecule has 4 nitrogen and oxygen atoms in total. The first kappa shape index (κ1) is 17.4. The molecule has 1 fully saturated rings. The van der Waals surface area contributed by atoms with Crippen LogP contribution in [0.5, 0.6) is 0 Å². The molecule has 2 N–H and O–H groups in total. The van der Waals surface area contributed by atoms with E-state index in [4.69, 9.17) is 0 Å². The molecule has 0 aliphatic carbocycles. The van der Waals surface area contributed by atoms with Crippen LogP contribution < -0.4 is 5.32 Å². The lowest BCUT2D eigenvalue weighted by Gasteiger charge is -2.39. The molecule has 0 amide bonds. The van der Waals surface area contributed by atoms with Crippen molar-refractivity contribution in [2.75, 3.05) is 13.1 Å². The summed E-state index contributed by atoms with van der Waals surface area (Å²) in [4.78, 5) is 14.0. The number of carbonyl (C=O) groups is 1. The van der Waals surface area contributed by atoms with E-state index in [0.717, 1.165) is 25.9 Å². The van der Waals surface area contributed by atoms with Gasteiger partial charge in [-0.25, -0.2) is 0 Å². The van der Waals surface area contributed by atoms with E-state index in [1.807, 2.05) is 6.92 Å². The van der Waals surface area contributed by atoms with Gasteiger partial charge in [-0.1, -0.05) is 13.3 Å². The maximum absolute atomic E-state index is 11.5. The lowest BCUT2D eigenvalue weighted by Crippen LogP contribution is -2.51. The largest absolute Gasteiger partial charge is 0.480 e. The van der Waals surface area contributed by atoms with Crippen LogP contribution in [0.4, 0.5) is 0 Å². The SMILES string of the molecule is CCCNC(C)(CCCN1C(C)CCCC1C)C(=O)O. The van der Waals surface area contributed by atoms with E-state index in [0.29, 0.717) is 18.5 Å². The van der Waals surface area contributed by atoms with Gasteiger partial charge < -0.3 is 10.4 Å². The first-order valence-corrected chi connectivity index (χ1v) is 8.15. The number of carboxylic acid groups (broad SMARTS) is 1. The number of nitrogens with zero attached hydrogens (tertiary/aromatic N) is 1. The highest BCUT2D eigenvalue weighted by Crippen LogP contribution is 2.23. The molecule has 20 heavy (non-hydrogen) atoms. The summed E-state index contributed by atoms with van der Waals surface area (Å²) in [7, 11) is 0. The zero-order valence-corrected chi connectivity index (χ0v) is 13.6. The van der Waals surface area contributed by atoms with Crippen LogP contribution in [0.15, 0.2) is 0 Å². The van der Waals surface area contributed by atoms with E-state index in [1.165, 1.54) is 19.3 Å². The van der Waals surface area contributed by atoms with Crippen molar-refractivity contribution in [1.82, 2.24) is 10.2 Å². The number of hydrogen-bond acceptors (Lipinski definition) is 3. The van der Waals surface area contributed by atoms with Gasteiger partial charge in [0.25, 0.3) is 0 Å². The molecule has 0 spiro atoms. The molecule has 1 aliphatic rings. The summed E-state index contributed by atoms with van der Waals surface area (Å²) in [6, 6.07) is 1.27. The van der Waals surface area contributed by atoms with Crippen LogP contribution in [0.1, 0.15) is 66.2 Å². The molecule has 1 aliphatic heterocycles. The van der Waals surface area contributed by atoms with Crippen LogP contribution in [0, 0.1) is 0 Å². The molecular formula is C16H32N2O2. The Hall–Kier alpha value is -0.610. The van der Waals surface area contributed by atoms with Crippen LogP contribution in [0.3, 0.4) is 0 Å². The van der Waals surface area contributed by atoms with E-state index in [2.05, 4.69) is 31.0 Å². The Balaban J connectivity index is 2.45. The highest BCUT2D eigenvalue weighted by atomic mass is 16.4. The van der Waals surface area contributed by atoms with Crippen LogP contribution in [-0.2, 0) is 4.79 Å². The quantitative estimate of drug-likeness (QED) is 0.719. The Labute approximate surface area is 123 Å². The molecule has 0 aromatic carbocycles. The van der Waals surface area contributed by atoms with Crippen LogP contribution in [-0.4, -0.2) is 46.7 Å². The molecule has 0 bridgehead atoms. The molecule has 1 heterocycles. The number of nitrogens with one attached hydrogen (secondary N) is 1. The third kappa shape index (κ3) is 4.74. The number of aliphatic carboxylic acids is 1. The molecule has 1 rings (SSSR count).